The Bertz CT molecular complexity index is 966. The Morgan fingerprint density at radius 3 is 2.25 bits per heavy atom. The molecule has 1 aromatic heterocycles. The van der Waals surface area contributed by atoms with Crippen molar-refractivity contribution in [1.82, 2.24) is 30.4 Å². The van der Waals surface area contributed by atoms with Gasteiger partial charge in [0.15, 0.2) is 11.5 Å². The van der Waals surface area contributed by atoms with E-state index in [2.05, 4.69) is 39.6 Å². The van der Waals surface area contributed by atoms with E-state index in [0.717, 1.165) is 37.3 Å². The quantitative estimate of drug-likeness (QED) is 0.235. The van der Waals surface area contributed by atoms with Crippen LogP contribution in [0.3, 0.4) is 0 Å². The lowest BCUT2D eigenvalue weighted by Gasteiger charge is -2.22. The number of ether oxygens (including phenoxy) is 2. The van der Waals surface area contributed by atoms with Gasteiger partial charge in [0, 0.05) is 6.54 Å². The largest absolute Gasteiger partial charge is 0.493 e. The number of rotatable bonds is 16. The average molecular weight is 540 g/mol. The molecule has 0 fully saturated rings. The SMILES string of the molecule is CCCCN(CCCC)CCCNCc1ccc(Oc2nnnn2-c2ccccc2)c(OC)c1.Cl.Cl. The van der Waals surface area contributed by atoms with Crippen LogP contribution in [0.4, 0.5) is 0 Å². The van der Waals surface area contributed by atoms with Crippen LogP contribution < -0.4 is 14.8 Å². The van der Waals surface area contributed by atoms with Gasteiger partial charge in [-0.05, 0) is 85.7 Å². The molecule has 1 heterocycles. The number of halogens is 2. The number of unbranched alkanes of at least 4 members (excludes halogenated alkanes) is 2. The Balaban J connectivity index is 0.00000324. The third-order valence-corrected chi connectivity index (χ3v) is 5.68. The van der Waals surface area contributed by atoms with E-state index in [1.165, 1.54) is 38.8 Å². The molecular weight excluding hydrogens is 499 g/mol. The van der Waals surface area contributed by atoms with Gasteiger partial charge in [0.25, 0.3) is 0 Å². The minimum absolute atomic E-state index is 0. The molecule has 3 aromatic rings. The Hall–Kier alpha value is -2.39. The number of benzene rings is 2. The third kappa shape index (κ3) is 9.93. The summed E-state index contributed by atoms with van der Waals surface area (Å²) in [6.45, 7) is 9.86. The van der Waals surface area contributed by atoms with Crippen LogP contribution in [-0.4, -0.2) is 58.4 Å². The number of nitrogens with one attached hydrogen (secondary N) is 1. The topological polar surface area (TPSA) is 77.3 Å². The molecule has 0 aliphatic carbocycles. The minimum Gasteiger partial charge on any atom is -0.493 e. The fraction of sp³-hybridized carbons (Fsp3) is 0.500. The van der Waals surface area contributed by atoms with Gasteiger partial charge in [-0.3, -0.25) is 0 Å². The second-order valence-electron chi connectivity index (χ2n) is 8.38. The zero-order valence-corrected chi connectivity index (χ0v) is 23.2. The minimum atomic E-state index is 0. The Labute approximate surface area is 227 Å². The van der Waals surface area contributed by atoms with Gasteiger partial charge in [-0.1, -0.05) is 56.1 Å². The van der Waals surface area contributed by atoms with Crippen molar-refractivity contribution in [1.29, 1.82) is 0 Å². The summed E-state index contributed by atoms with van der Waals surface area (Å²) in [7, 11) is 1.64. The number of tetrazole rings is 1. The van der Waals surface area contributed by atoms with Gasteiger partial charge in [-0.25, -0.2) is 0 Å². The lowest BCUT2D eigenvalue weighted by atomic mass is 10.2. The molecule has 0 unspecified atom stereocenters. The van der Waals surface area contributed by atoms with Crippen molar-refractivity contribution >= 4 is 24.8 Å². The number of methoxy groups -OCH3 is 1. The molecule has 0 bridgehead atoms. The van der Waals surface area contributed by atoms with Crippen molar-refractivity contribution in [3.63, 3.8) is 0 Å². The highest BCUT2D eigenvalue weighted by molar-refractivity contribution is 5.85. The van der Waals surface area contributed by atoms with Gasteiger partial charge >= 0.3 is 6.01 Å². The standard InChI is InChI=1S/C26H38N6O2.2ClH/c1-4-6-17-31(18-7-5-2)19-11-16-27-21-22-14-15-24(25(20-22)33-3)34-26-28-29-30-32(26)23-12-9-8-10-13-23;;/h8-10,12-15,20,27H,4-7,11,16-19,21H2,1-3H3;2*1H. The molecule has 36 heavy (non-hydrogen) atoms. The third-order valence-electron chi connectivity index (χ3n) is 5.68. The molecule has 0 spiro atoms. The molecule has 200 valence electrons. The lowest BCUT2D eigenvalue weighted by molar-refractivity contribution is 0.261. The van der Waals surface area contributed by atoms with Crippen LogP contribution in [0.2, 0.25) is 0 Å². The number of hydrogen-bond donors (Lipinski definition) is 1. The molecular formula is C26H40Cl2N6O2. The summed E-state index contributed by atoms with van der Waals surface area (Å²) in [5, 5.41) is 15.4. The van der Waals surface area contributed by atoms with E-state index in [-0.39, 0.29) is 30.8 Å². The van der Waals surface area contributed by atoms with Crippen LogP contribution in [-0.2, 0) is 6.54 Å². The van der Waals surface area contributed by atoms with E-state index < -0.39 is 0 Å². The van der Waals surface area contributed by atoms with E-state index in [4.69, 9.17) is 9.47 Å². The van der Waals surface area contributed by atoms with E-state index in [0.29, 0.717) is 11.5 Å². The second kappa shape index (κ2) is 17.9. The fourth-order valence-electron chi connectivity index (χ4n) is 3.74. The number of aromatic nitrogens is 4. The lowest BCUT2D eigenvalue weighted by Crippen LogP contribution is -2.29. The summed E-state index contributed by atoms with van der Waals surface area (Å²) < 4.78 is 13.1. The maximum absolute atomic E-state index is 5.99. The molecule has 1 N–H and O–H groups in total. The van der Waals surface area contributed by atoms with Gasteiger partial charge in [0.2, 0.25) is 0 Å². The van der Waals surface area contributed by atoms with Crippen LogP contribution in [0.5, 0.6) is 17.5 Å². The van der Waals surface area contributed by atoms with Crippen molar-refractivity contribution in [2.75, 3.05) is 33.3 Å². The number of para-hydroxylation sites is 1. The summed E-state index contributed by atoms with van der Waals surface area (Å²) in [5.74, 6) is 1.22. The Morgan fingerprint density at radius 1 is 0.889 bits per heavy atom. The molecule has 0 atom stereocenters. The second-order valence-corrected chi connectivity index (χ2v) is 8.38. The van der Waals surface area contributed by atoms with Crippen LogP contribution in [0.1, 0.15) is 51.5 Å². The first-order chi connectivity index (χ1) is 16.7. The first-order valence-corrected chi connectivity index (χ1v) is 12.4. The Kier molecular flexibility index (Phi) is 15.8. The highest BCUT2D eigenvalue weighted by Crippen LogP contribution is 2.32. The molecule has 3 rings (SSSR count). The smallest absolute Gasteiger partial charge is 0.346 e. The normalized spacial score (nSPS) is 10.6. The zero-order valence-electron chi connectivity index (χ0n) is 21.6. The van der Waals surface area contributed by atoms with E-state index in [9.17, 15) is 0 Å². The van der Waals surface area contributed by atoms with Gasteiger partial charge < -0.3 is 19.7 Å². The molecule has 0 radical (unpaired) electrons. The summed E-state index contributed by atoms with van der Waals surface area (Å²) >= 11 is 0. The average Bonchev–Trinajstić information content (AvgIpc) is 3.34. The molecule has 10 heteroatoms. The van der Waals surface area contributed by atoms with Crippen molar-refractivity contribution < 1.29 is 9.47 Å². The van der Waals surface area contributed by atoms with Gasteiger partial charge in [-0.15, -0.1) is 24.8 Å². The van der Waals surface area contributed by atoms with Gasteiger partial charge in [0.1, 0.15) is 0 Å². The van der Waals surface area contributed by atoms with Gasteiger partial charge in [-0.2, -0.15) is 4.68 Å². The first kappa shape index (κ1) is 31.6. The van der Waals surface area contributed by atoms with Crippen LogP contribution in [0.25, 0.3) is 5.69 Å². The highest BCUT2D eigenvalue weighted by Gasteiger charge is 2.14. The van der Waals surface area contributed by atoms with E-state index in [1.54, 1.807) is 11.8 Å². The van der Waals surface area contributed by atoms with E-state index in [1.807, 2.05) is 48.5 Å². The van der Waals surface area contributed by atoms with E-state index >= 15 is 0 Å². The number of hydrogen-bond acceptors (Lipinski definition) is 7. The molecule has 0 saturated heterocycles. The van der Waals surface area contributed by atoms with Crippen LogP contribution >= 0.6 is 24.8 Å². The summed E-state index contributed by atoms with van der Waals surface area (Å²) in [4.78, 5) is 2.60. The van der Waals surface area contributed by atoms with Crippen molar-refractivity contribution in [3.8, 4) is 23.2 Å². The van der Waals surface area contributed by atoms with Crippen molar-refractivity contribution in [3.05, 3.63) is 54.1 Å². The monoisotopic (exact) mass is 538 g/mol. The summed E-state index contributed by atoms with van der Waals surface area (Å²) in [6.07, 6.45) is 6.22. The number of nitrogens with zero attached hydrogens (tertiary/aromatic N) is 5. The first-order valence-electron chi connectivity index (χ1n) is 12.4. The molecule has 8 nitrogen and oxygen atoms in total. The zero-order chi connectivity index (χ0) is 24.0. The molecule has 2 aromatic carbocycles. The van der Waals surface area contributed by atoms with Crippen molar-refractivity contribution in [2.24, 2.45) is 0 Å². The molecule has 0 aliphatic rings. The predicted molar refractivity (Wildman–Crippen MR) is 149 cm³/mol. The molecule has 0 amide bonds. The molecule has 0 aliphatic heterocycles. The maximum atomic E-state index is 5.99. The van der Waals surface area contributed by atoms with Crippen LogP contribution in [0.15, 0.2) is 48.5 Å². The van der Waals surface area contributed by atoms with Gasteiger partial charge in [0.05, 0.1) is 12.8 Å². The van der Waals surface area contributed by atoms with Crippen molar-refractivity contribution in [2.45, 2.75) is 52.5 Å². The van der Waals surface area contributed by atoms with Crippen LogP contribution in [0, 0.1) is 0 Å². The summed E-state index contributed by atoms with van der Waals surface area (Å²) in [6, 6.07) is 15.9. The summed E-state index contributed by atoms with van der Waals surface area (Å²) in [5.41, 5.74) is 1.96. The maximum Gasteiger partial charge on any atom is 0.346 e. The Morgan fingerprint density at radius 2 is 1.58 bits per heavy atom. The molecule has 0 saturated carbocycles. The predicted octanol–water partition coefficient (Wildman–Crippen LogP) is 5.69. The fourth-order valence-corrected chi connectivity index (χ4v) is 3.74. The highest BCUT2D eigenvalue weighted by atomic mass is 35.5.